The van der Waals surface area contributed by atoms with Crippen molar-refractivity contribution in [3.63, 3.8) is 0 Å². The molecule has 1 saturated heterocycles. The number of carboxylic acid groups (broad SMARTS) is 1. The van der Waals surface area contributed by atoms with Crippen LogP contribution in [0.15, 0.2) is 47.6 Å². The molecule has 6 rings (SSSR count). The number of fused-ring (bicyclic) bond motifs is 5. The summed E-state index contributed by atoms with van der Waals surface area (Å²) in [6.45, 7) is 17.8. The number of allylic oxidation sites excluding steroid dienone is 4. The molecule has 1 aromatic rings. The molecule has 246 valence electrons. The van der Waals surface area contributed by atoms with E-state index in [4.69, 9.17) is 14.2 Å². The Morgan fingerprint density at radius 2 is 1.89 bits per heavy atom. The molecule has 8 atom stereocenters. The fourth-order valence-corrected chi connectivity index (χ4v) is 8.71. The van der Waals surface area contributed by atoms with Crippen LogP contribution in [0.3, 0.4) is 0 Å². The van der Waals surface area contributed by atoms with Crippen LogP contribution in [-0.2, 0) is 20.7 Å². The van der Waals surface area contributed by atoms with Crippen molar-refractivity contribution in [3.05, 3.63) is 64.3 Å². The van der Waals surface area contributed by atoms with Gasteiger partial charge in [0.15, 0.2) is 11.4 Å². The molecule has 1 saturated carbocycles. The van der Waals surface area contributed by atoms with E-state index in [1.807, 2.05) is 34.6 Å². The number of phenolic OH excluding ortho intramolecular Hbond substituents is 1. The maximum atomic E-state index is 14.9. The largest absolute Gasteiger partial charge is 0.507 e. The minimum atomic E-state index is -1.35. The van der Waals surface area contributed by atoms with Crippen molar-refractivity contribution in [2.75, 3.05) is 0 Å². The summed E-state index contributed by atoms with van der Waals surface area (Å²) in [5, 5.41) is 21.8. The van der Waals surface area contributed by atoms with Gasteiger partial charge in [-0.05, 0) is 86.5 Å². The number of phenols is 1. The van der Waals surface area contributed by atoms with E-state index in [1.165, 1.54) is 0 Å². The van der Waals surface area contributed by atoms with Crippen LogP contribution >= 0.6 is 0 Å². The highest BCUT2D eigenvalue weighted by molar-refractivity contribution is 6.16. The van der Waals surface area contributed by atoms with Gasteiger partial charge in [0.1, 0.15) is 40.8 Å². The number of carbonyl (C=O) groups is 3. The molecule has 0 amide bonds. The number of aliphatic carboxylic acids is 1. The van der Waals surface area contributed by atoms with E-state index in [9.17, 15) is 24.6 Å². The molecule has 5 aliphatic rings. The fourth-order valence-electron chi connectivity index (χ4n) is 8.71. The number of hydrogen-bond acceptors (Lipinski definition) is 7. The van der Waals surface area contributed by atoms with Crippen LogP contribution in [0, 0.1) is 23.7 Å². The van der Waals surface area contributed by atoms with Crippen LogP contribution < -0.4 is 9.47 Å². The molecule has 8 nitrogen and oxygen atoms in total. The summed E-state index contributed by atoms with van der Waals surface area (Å²) >= 11 is 0. The Bertz CT molecular complexity index is 1620. The summed E-state index contributed by atoms with van der Waals surface area (Å²) in [6, 6.07) is 0. The summed E-state index contributed by atoms with van der Waals surface area (Å²) < 4.78 is 20.6. The topological polar surface area (TPSA) is 119 Å². The number of benzene rings is 1. The summed E-state index contributed by atoms with van der Waals surface area (Å²) in [5.41, 5.74) is 1.17. The van der Waals surface area contributed by atoms with Gasteiger partial charge >= 0.3 is 5.97 Å². The molecule has 1 spiro atoms. The number of aldehydes is 1. The summed E-state index contributed by atoms with van der Waals surface area (Å²) in [7, 11) is 0. The van der Waals surface area contributed by atoms with Crippen LogP contribution in [-0.4, -0.2) is 51.2 Å². The quantitative estimate of drug-likeness (QED) is 0.243. The Morgan fingerprint density at radius 1 is 1.17 bits per heavy atom. The standard InChI is InChI=1S/C38H46O8/c1-19(2)9-11-24-33-29(25-17-37(8,45-33)14-13-23(25)20(3)4)32(41)30-31(40)26-15-22(18-39)16-27-36(6,7)44-28(12-10-21(5)35(42)43)38(26,27)46-34(24)30/h9-10,12,15,18,21-23,25,27-28,41H,3,11,13-14,16-17H2,1-2,4-8H3,(H,42,43)/b12-10+/t21?,22?,23-,25?,27?,28+,37-,38+/m0/s1. The molecule has 46 heavy (non-hydrogen) atoms. The lowest BCUT2D eigenvalue weighted by molar-refractivity contribution is -0.139. The van der Waals surface area contributed by atoms with Crippen molar-refractivity contribution in [2.45, 2.75) is 109 Å². The lowest BCUT2D eigenvalue weighted by Gasteiger charge is -2.51. The molecular weight excluding hydrogens is 584 g/mol. The second-order valence-electron chi connectivity index (χ2n) is 15.2. The molecular formula is C38H46O8. The fraction of sp³-hybridized carbons (Fsp3) is 0.553. The van der Waals surface area contributed by atoms with Crippen molar-refractivity contribution in [1.82, 2.24) is 0 Å². The van der Waals surface area contributed by atoms with Gasteiger partial charge in [0, 0.05) is 34.5 Å². The first-order valence-corrected chi connectivity index (χ1v) is 16.4. The predicted molar refractivity (Wildman–Crippen MR) is 173 cm³/mol. The number of aromatic hydroxyl groups is 1. The minimum Gasteiger partial charge on any atom is -0.507 e. The zero-order chi connectivity index (χ0) is 33.5. The first kappa shape index (κ1) is 32.3. The Balaban J connectivity index is 1.65. The highest BCUT2D eigenvalue weighted by Gasteiger charge is 2.68. The Kier molecular flexibility index (Phi) is 7.70. The smallest absolute Gasteiger partial charge is 0.310 e. The van der Waals surface area contributed by atoms with Crippen LogP contribution in [0.4, 0.5) is 0 Å². The number of ketones is 1. The molecule has 8 heteroatoms. The van der Waals surface area contributed by atoms with E-state index < -0.39 is 52.4 Å². The van der Waals surface area contributed by atoms with Crippen LogP contribution in [0.25, 0.3) is 0 Å². The number of Topliss-reactive ketones (excluding diaryl/α,β-unsaturated/α-hetero) is 1. The van der Waals surface area contributed by atoms with Crippen molar-refractivity contribution < 1.29 is 38.8 Å². The van der Waals surface area contributed by atoms with E-state index in [0.717, 1.165) is 30.3 Å². The number of rotatable bonds is 7. The molecule has 2 N–H and O–H groups in total. The van der Waals surface area contributed by atoms with E-state index in [2.05, 4.69) is 19.6 Å². The highest BCUT2D eigenvalue weighted by atomic mass is 16.6. The summed E-state index contributed by atoms with van der Waals surface area (Å²) in [4.78, 5) is 38.9. The van der Waals surface area contributed by atoms with Gasteiger partial charge in [-0.25, -0.2) is 0 Å². The third-order valence-electron chi connectivity index (χ3n) is 11.1. The maximum absolute atomic E-state index is 14.9. The molecule has 1 aromatic carbocycles. The predicted octanol–water partition coefficient (Wildman–Crippen LogP) is 7.04. The Morgan fingerprint density at radius 3 is 2.52 bits per heavy atom. The third-order valence-corrected chi connectivity index (χ3v) is 11.1. The molecule has 3 heterocycles. The van der Waals surface area contributed by atoms with Gasteiger partial charge in [-0.3, -0.25) is 9.59 Å². The lowest BCUT2D eigenvalue weighted by Crippen LogP contribution is -2.58. The number of carbonyl (C=O) groups excluding carboxylic acids is 2. The highest BCUT2D eigenvalue weighted by Crippen LogP contribution is 2.64. The average molecular weight is 631 g/mol. The zero-order valence-electron chi connectivity index (χ0n) is 27.9. The van der Waals surface area contributed by atoms with Gasteiger partial charge in [0.2, 0.25) is 0 Å². The molecule has 0 radical (unpaired) electrons. The monoisotopic (exact) mass is 630 g/mol. The van der Waals surface area contributed by atoms with Gasteiger partial charge in [-0.1, -0.05) is 42.0 Å². The van der Waals surface area contributed by atoms with E-state index in [0.29, 0.717) is 36.1 Å². The van der Waals surface area contributed by atoms with E-state index in [1.54, 1.807) is 25.2 Å². The van der Waals surface area contributed by atoms with Crippen molar-refractivity contribution in [3.8, 4) is 17.2 Å². The van der Waals surface area contributed by atoms with Gasteiger partial charge in [-0.2, -0.15) is 0 Å². The Labute approximate surface area is 271 Å². The van der Waals surface area contributed by atoms with E-state index in [-0.39, 0.29) is 34.5 Å². The second-order valence-corrected chi connectivity index (χ2v) is 15.2. The average Bonchev–Trinajstić information content (AvgIpc) is 3.19. The molecule has 2 bridgehead atoms. The van der Waals surface area contributed by atoms with Crippen LogP contribution in [0.2, 0.25) is 0 Å². The molecule has 4 unspecified atom stereocenters. The Hall–Kier alpha value is -3.65. The van der Waals surface area contributed by atoms with Crippen molar-refractivity contribution in [1.29, 1.82) is 0 Å². The maximum Gasteiger partial charge on any atom is 0.310 e. The van der Waals surface area contributed by atoms with E-state index >= 15 is 0 Å². The summed E-state index contributed by atoms with van der Waals surface area (Å²) in [5.74, 6) is -2.44. The van der Waals surface area contributed by atoms with Gasteiger partial charge in [0.25, 0.3) is 0 Å². The minimum absolute atomic E-state index is 0.0858. The second kappa shape index (κ2) is 11.0. The van der Waals surface area contributed by atoms with Gasteiger partial charge in [-0.15, -0.1) is 0 Å². The SMILES string of the molecule is C=C(C)[C@@H]1CC[C@@]2(C)CC1c1c(O)c3c(c(CC=C(C)C)c1O2)O[C@]12C(=CC(C=O)CC1C(C)(C)O[C@@H]2/C=C/C(C)C(=O)O)C3=O. The first-order chi connectivity index (χ1) is 21.5. The lowest BCUT2D eigenvalue weighted by atomic mass is 9.61. The number of hydrogen-bond donors (Lipinski definition) is 2. The summed E-state index contributed by atoms with van der Waals surface area (Å²) in [6.07, 6.45) is 10.2. The molecule has 0 aromatic heterocycles. The van der Waals surface area contributed by atoms with Crippen molar-refractivity contribution in [2.24, 2.45) is 23.7 Å². The normalized spacial score (nSPS) is 34.1. The first-order valence-electron chi connectivity index (χ1n) is 16.4. The third kappa shape index (κ3) is 4.78. The number of ether oxygens (including phenoxy) is 3. The van der Waals surface area contributed by atoms with Gasteiger partial charge < -0.3 is 29.2 Å². The zero-order valence-corrected chi connectivity index (χ0v) is 27.9. The molecule has 2 fully saturated rings. The van der Waals surface area contributed by atoms with Gasteiger partial charge in [0.05, 0.1) is 11.5 Å². The van der Waals surface area contributed by atoms with Crippen LogP contribution in [0.1, 0.15) is 102 Å². The molecule has 3 aliphatic heterocycles. The number of carboxylic acids is 1. The van der Waals surface area contributed by atoms with Crippen LogP contribution in [0.5, 0.6) is 17.2 Å². The van der Waals surface area contributed by atoms with Crippen molar-refractivity contribution >= 4 is 18.0 Å². The molecule has 2 aliphatic carbocycles.